The summed E-state index contributed by atoms with van der Waals surface area (Å²) in [6.07, 6.45) is 14.4. The fourth-order valence-corrected chi connectivity index (χ4v) is 14.4. The molecular weight excluding hydrogens is 1390 g/mol. The summed E-state index contributed by atoms with van der Waals surface area (Å²) in [7, 11) is 3.35. The Morgan fingerprint density at radius 2 is 1.56 bits per heavy atom. The molecule has 0 spiro atoms. The van der Waals surface area contributed by atoms with Crippen LogP contribution in [0.3, 0.4) is 0 Å². The number of hydrogen-bond acceptors (Lipinski definition) is 21. The van der Waals surface area contributed by atoms with Gasteiger partial charge in [0, 0.05) is 92.6 Å². The Hall–Kier alpha value is -11.6. The number of carbonyl (C=O) groups is 12. The molecule has 1 saturated heterocycles. The molecule has 32 nitrogen and oxygen atoms in total. The monoisotopic (exact) mass is 1480 g/mol. The molecule has 12 amide bonds. The highest BCUT2D eigenvalue weighted by Crippen LogP contribution is 2.42. The van der Waals surface area contributed by atoms with E-state index < -0.39 is 72.1 Å². The van der Waals surface area contributed by atoms with Crippen LogP contribution in [-0.4, -0.2) is 193 Å². The van der Waals surface area contributed by atoms with E-state index in [0.717, 1.165) is 42.0 Å². The molecule has 570 valence electrons. The molecule has 2 saturated carbocycles. The quantitative estimate of drug-likeness (QED) is 0.0172. The molecule has 5 atom stereocenters. The van der Waals surface area contributed by atoms with Gasteiger partial charge >= 0.3 is 6.09 Å². The molecule has 6 aliphatic rings. The zero-order chi connectivity index (χ0) is 76.7. The normalized spacial score (nSPS) is 19.2. The van der Waals surface area contributed by atoms with Crippen molar-refractivity contribution in [3.63, 3.8) is 0 Å². The maximum Gasteiger partial charge on any atom is 0.410 e. The van der Waals surface area contributed by atoms with E-state index in [-0.39, 0.29) is 118 Å². The number of nitrogens with two attached hydrogens (primary N) is 1. The molecule has 6 heterocycles. The van der Waals surface area contributed by atoms with Crippen molar-refractivity contribution in [1.29, 1.82) is 0 Å². The van der Waals surface area contributed by atoms with Crippen molar-refractivity contribution in [2.45, 2.75) is 191 Å². The van der Waals surface area contributed by atoms with Gasteiger partial charge in [-0.1, -0.05) is 67.5 Å². The maximum absolute atomic E-state index is 14.3. The summed E-state index contributed by atoms with van der Waals surface area (Å²) >= 11 is 0. The van der Waals surface area contributed by atoms with Crippen LogP contribution in [0, 0.1) is 11.8 Å². The van der Waals surface area contributed by atoms with E-state index in [4.69, 9.17) is 24.9 Å². The van der Waals surface area contributed by atoms with Crippen LogP contribution in [-0.2, 0) is 70.6 Å². The second-order valence-corrected chi connectivity index (χ2v) is 27.7. The molecule has 11 rings (SSSR count). The number of nitrogens with one attached hydrogen (secondary N) is 6. The Kier molecular flexibility index (Phi) is 25.6. The molecule has 32 heteroatoms. The first-order chi connectivity index (χ1) is 52.0. The van der Waals surface area contributed by atoms with Crippen molar-refractivity contribution in [1.82, 2.24) is 60.9 Å². The number of primary amides is 1. The average molecular weight is 1480 g/mol. The third-order valence-corrected chi connectivity index (χ3v) is 20.4. The largest absolute Gasteiger partial charge is 0.495 e. The van der Waals surface area contributed by atoms with Gasteiger partial charge in [-0.05, 0) is 126 Å². The molecule has 3 fully saturated rings. The summed E-state index contributed by atoms with van der Waals surface area (Å²) in [6, 6.07) is 12.4. The van der Waals surface area contributed by atoms with Gasteiger partial charge < -0.3 is 66.1 Å². The van der Waals surface area contributed by atoms with Crippen LogP contribution in [0.4, 0.5) is 33.6 Å². The van der Waals surface area contributed by atoms with Crippen molar-refractivity contribution >= 4 is 99.9 Å². The summed E-state index contributed by atoms with van der Waals surface area (Å²) in [5, 5.41) is 25.0. The van der Waals surface area contributed by atoms with E-state index in [1.807, 2.05) is 42.1 Å². The zero-order valence-corrected chi connectivity index (χ0v) is 61.1. The highest BCUT2D eigenvalue weighted by atomic mass is 16.6. The van der Waals surface area contributed by atoms with Crippen LogP contribution < -0.4 is 52.2 Å². The summed E-state index contributed by atoms with van der Waals surface area (Å²) in [5.41, 5.74) is 10.8. The van der Waals surface area contributed by atoms with E-state index in [2.05, 4.69) is 63.9 Å². The van der Waals surface area contributed by atoms with Gasteiger partial charge in [0.15, 0.2) is 5.82 Å². The number of methoxy groups -OCH3 is 1. The number of piperidine rings is 1. The molecule has 4 aliphatic heterocycles. The van der Waals surface area contributed by atoms with Gasteiger partial charge in [-0.2, -0.15) is 4.98 Å². The van der Waals surface area contributed by atoms with E-state index >= 15 is 0 Å². The fraction of sp³-hybridized carbons (Fsp3) is 0.474. The number of carbonyl (C=O) groups excluding carboxylic acids is 12. The number of amides is 12. The molecule has 2 unspecified atom stereocenters. The van der Waals surface area contributed by atoms with Gasteiger partial charge in [0.05, 0.1) is 50.9 Å². The number of unbranched alkanes of at least 4 members (excludes halogenated alkanes) is 2. The Labute approximate surface area is 624 Å². The van der Waals surface area contributed by atoms with Crippen LogP contribution in [0.25, 0.3) is 11.3 Å². The van der Waals surface area contributed by atoms with Gasteiger partial charge in [-0.15, -0.1) is 5.10 Å². The topological polar surface area (TPSA) is 403 Å². The molecule has 0 radical (unpaired) electrons. The first-order valence-corrected chi connectivity index (χ1v) is 36.7. The zero-order valence-electron chi connectivity index (χ0n) is 61.1. The number of rotatable bonds is 31. The first kappa shape index (κ1) is 77.5. The van der Waals surface area contributed by atoms with Gasteiger partial charge in [-0.25, -0.2) is 14.5 Å². The predicted octanol–water partition coefficient (Wildman–Crippen LogP) is 5.13. The maximum atomic E-state index is 14.3. The Morgan fingerprint density at radius 1 is 0.824 bits per heavy atom. The highest BCUT2D eigenvalue weighted by molar-refractivity contribution is 6.13. The van der Waals surface area contributed by atoms with Crippen LogP contribution in [0.2, 0.25) is 0 Å². The lowest BCUT2D eigenvalue weighted by Crippen LogP contribution is -2.55. The number of imide groups is 2. The lowest BCUT2D eigenvalue weighted by atomic mass is 9.90. The summed E-state index contributed by atoms with van der Waals surface area (Å²) in [5.74, 6) is 2.42. The van der Waals surface area contributed by atoms with Crippen molar-refractivity contribution in [3.05, 3.63) is 107 Å². The van der Waals surface area contributed by atoms with Crippen LogP contribution >= 0.6 is 0 Å². The third-order valence-electron chi connectivity index (χ3n) is 20.4. The van der Waals surface area contributed by atoms with Crippen LogP contribution in [0.5, 0.6) is 5.75 Å². The molecule has 8 N–H and O–H groups in total. The first-order valence-electron chi connectivity index (χ1n) is 36.7. The number of aromatic nitrogens is 5. The molecular formula is C76H91N17O15. The SMILES string of the molecule is CC[C@@H]1C(=O)N(C)c2cnc(Nc3ccc(-c4cn(C5CCC(N(CCOCCC#Cc6cccc7c6CN(C6CCC(=O)NC6=O)C7=O)C(=O)OCc6ccc(NC(=O)C(CC(N)=O)NC(=O)[C@H](C)NC(=O)[C@H](C)NC(=O)CCCCCN7C(=O)C=CC7=O)cc6)CC5)nn4)cc3OC)nc2N1C1CCCC1. The lowest BCUT2D eigenvalue weighted by molar-refractivity contribution is -0.138. The summed E-state index contributed by atoms with van der Waals surface area (Å²) in [4.78, 5) is 172. The average Bonchev–Trinajstić information content (AvgIpc) is 0.877. The second kappa shape index (κ2) is 35.6. The van der Waals surface area contributed by atoms with E-state index in [0.29, 0.717) is 109 Å². The molecule has 2 aliphatic carbocycles. The second-order valence-electron chi connectivity index (χ2n) is 27.7. The molecule has 3 aromatic carbocycles. The molecule has 2 aromatic heterocycles. The van der Waals surface area contributed by atoms with Gasteiger partial charge in [0.2, 0.25) is 53.2 Å². The van der Waals surface area contributed by atoms with Crippen molar-refractivity contribution < 1.29 is 71.7 Å². The Morgan fingerprint density at radius 3 is 2.29 bits per heavy atom. The van der Waals surface area contributed by atoms with Crippen molar-refractivity contribution in [2.75, 3.05) is 60.9 Å². The number of likely N-dealkylation sites (N-methyl/N-ethyl adjacent to an activating group) is 1. The Balaban J connectivity index is 0.687. The van der Waals surface area contributed by atoms with Crippen LogP contribution in [0.15, 0.2) is 85.2 Å². The number of anilines is 5. The standard InChI is InChI=1S/C76H91N17O15/c1-6-59-74(104)88(4)61-41-78-75(85-68(61)93(59)53-17-9-10-18-53)83-56-30-23-49(39-62(56)106-5)58-43-92(87-86-58)52-28-26-51(27-29-52)89(36-38-107-37-13-11-15-48-16-14-19-54-55(48)42-91(73(54)103)60-31-32-65(96)84-72(60)102)76(105)108-44-47-21-24-50(25-22-47)81-71(101)57(40-63(77)94)82-70(100)46(3)80-69(99)45(2)79-64(95)20-8-7-12-35-90-66(97)33-34-67(90)98/h14,16,19,21-25,30,33-34,39,41,43,45-46,51-53,57,59-60H,6-10,12-13,17-18,20,26-29,31-32,35-38,40,42,44H2,1-5H3,(H2,77,94)(H,79,95)(H,80,99)(H,81,101)(H,82,100)(H,78,83,85)(H,84,96,102)/t45-,46-,51?,52?,57?,59+,60?/m0/s1. The van der Waals surface area contributed by atoms with Crippen LogP contribution in [0.1, 0.15) is 163 Å². The number of fused-ring (bicyclic) bond motifs is 2. The lowest BCUT2D eigenvalue weighted by Gasteiger charge is -2.43. The summed E-state index contributed by atoms with van der Waals surface area (Å²) < 4.78 is 19.8. The molecule has 108 heavy (non-hydrogen) atoms. The highest BCUT2D eigenvalue weighted by Gasteiger charge is 2.43. The number of nitrogens with zero attached hydrogens (tertiary/aromatic N) is 10. The minimum Gasteiger partial charge on any atom is -0.495 e. The van der Waals surface area contributed by atoms with Gasteiger partial charge in [-0.3, -0.25) is 63.0 Å². The van der Waals surface area contributed by atoms with E-state index in [1.165, 1.54) is 30.9 Å². The number of benzene rings is 3. The van der Waals surface area contributed by atoms with Crippen molar-refractivity contribution in [3.8, 4) is 28.8 Å². The predicted molar refractivity (Wildman–Crippen MR) is 393 cm³/mol. The summed E-state index contributed by atoms with van der Waals surface area (Å²) in [6.45, 7) is 5.62. The van der Waals surface area contributed by atoms with Gasteiger partial charge in [0.1, 0.15) is 53.9 Å². The van der Waals surface area contributed by atoms with E-state index in [9.17, 15) is 57.5 Å². The fourth-order valence-electron chi connectivity index (χ4n) is 14.4. The minimum absolute atomic E-state index is 0.0351. The number of hydrogen-bond donors (Lipinski definition) is 7. The van der Waals surface area contributed by atoms with Crippen molar-refractivity contribution in [2.24, 2.45) is 5.73 Å². The Bertz CT molecular complexity index is 4330. The van der Waals surface area contributed by atoms with Gasteiger partial charge in [0.25, 0.3) is 17.7 Å². The molecule has 0 bridgehead atoms. The van der Waals surface area contributed by atoms with E-state index in [1.54, 1.807) is 66.6 Å². The molecule has 5 aromatic rings. The minimum atomic E-state index is -1.46. The number of ether oxygens (including phenoxy) is 3. The third kappa shape index (κ3) is 18.8. The smallest absolute Gasteiger partial charge is 0.410 e.